The van der Waals surface area contributed by atoms with Crippen molar-refractivity contribution in [2.45, 2.75) is 44.9 Å². The molecule has 0 fully saturated rings. The molecule has 108 valence electrons. The summed E-state index contributed by atoms with van der Waals surface area (Å²) in [6, 6.07) is 8.17. The smallest absolute Gasteiger partial charge is 0.0485 e. The third kappa shape index (κ3) is 7.71. The molecule has 0 aliphatic heterocycles. The summed E-state index contributed by atoms with van der Waals surface area (Å²) in [5, 5.41) is 4.12. The van der Waals surface area contributed by atoms with Gasteiger partial charge in [0.1, 0.15) is 0 Å². The Morgan fingerprint density at radius 1 is 1.26 bits per heavy atom. The summed E-state index contributed by atoms with van der Waals surface area (Å²) in [7, 11) is -0.760. The second-order valence-electron chi connectivity index (χ2n) is 4.87. The summed E-state index contributed by atoms with van der Waals surface area (Å²) in [4.78, 5) is 0. The van der Waals surface area contributed by atoms with Gasteiger partial charge in [-0.2, -0.15) is 0 Å². The van der Waals surface area contributed by atoms with E-state index in [1.54, 1.807) is 0 Å². The van der Waals surface area contributed by atoms with Gasteiger partial charge in [-0.1, -0.05) is 37.1 Å². The Balaban J connectivity index is 2.16. The molecule has 0 aromatic heterocycles. The van der Waals surface area contributed by atoms with Crippen molar-refractivity contribution in [2.75, 3.05) is 12.3 Å². The average molecular weight is 302 g/mol. The van der Waals surface area contributed by atoms with E-state index >= 15 is 0 Å². The van der Waals surface area contributed by atoms with Gasteiger partial charge >= 0.3 is 0 Å². The van der Waals surface area contributed by atoms with Crippen LogP contribution in [0.15, 0.2) is 24.3 Å². The van der Waals surface area contributed by atoms with Gasteiger partial charge in [0.25, 0.3) is 0 Å². The van der Waals surface area contributed by atoms with Crippen molar-refractivity contribution in [3.63, 3.8) is 0 Å². The zero-order valence-electron chi connectivity index (χ0n) is 11.8. The number of hydrogen-bond donors (Lipinski definition) is 1. The fraction of sp³-hybridized carbons (Fsp3) is 0.600. The lowest BCUT2D eigenvalue weighted by Gasteiger charge is -2.11. The van der Waals surface area contributed by atoms with Gasteiger partial charge < -0.3 is 5.32 Å². The van der Waals surface area contributed by atoms with E-state index in [1.807, 2.05) is 24.3 Å². The monoisotopic (exact) mass is 301 g/mol. The van der Waals surface area contributed by atoms with E-state index in [0.717, 1.165) is 42.1 Å². The Hall–Kier alpha value is -0.380. The Labute approximate surface area is 124 Å². The second-order valence-corrected chi connectivity index (χ2v) is 6.88. The van der Waals surface area contributed by atoms with Crippen LogP contribution < -0.4 is 5.32 Å². The van der Waals surface area contributed by atoms with E-state index in [-0.39, 0.29) is 0 Å². The molecule has 2 nitrogen and oxygen atoms in total. The van der Waals surface area contributed by atoms with Crippen molar-refractivity contribution in [1.82, 2.24) is 5.32 Å². The maximum Gasteiger partial charge on any atom is 0.0485 e. The molecule has 0 spiro atoms. The molecule has 0 aliphatic carbocycles. The van der Waals surface area contributed by atoms with Crippen LogP contribution in [0.4, 0.5) is 0 Å². The van der Waals surface area contributed by atoms with E-state index in [4.69, 9.17) is 11.6 Å². The highest BCUT2D eigenvalue weighted by molar-refractivity contribution is 7.84. The van der Waals surface area contributed by atoms with Gasteiger partial charge in [0, 0.05) is 33.4 Å². The number of benzene rings is 1. The van der Waals surface area contributed by atoms with Crippen molar-refractivity contribution in [2.24, 2.45) is 0 Å². The maximum atomic E-state index is 11.9. The first-order valence-corrected chi connectivity index (χ1v) is 8.81. The number of rotatable bonds is 9. The Bertz CT molecular complexity index is 380. The Morgan fingerprint density at radius 2 is 1.95 bits per heavy atom. The second kappa shape index (κ2) is 9.51. The summed E-state index contributed by atoms with van der Waals surface area (Å²) < 4.78 is 11.9. The summed E-state index contributed by atoms with van der Waals surface area (Å²) in [5.74, 6) is 1.43. The van der Waals surface area contributed by atoms with E-state index in [9.17, 15) is 4.21 Å². The molecule has 2 atom stereocenters. The molecule has 1 rings (SSSR count). The molecular weight excluding hydrogens is 278 g/mol. The lowest BCUT2D eigenvalue weighted by atomic mass is 10.1. The third-order valence-electron chi connectivity index (χ3n) is 3.05. The maximum absolute atomic E-state index is 11.9. The van der Waals surface area contributed by atoms with Crippen molar-refractivity contribution in [1.29, 1.82) is 0 Å². The molecule has 1 aromatic rings. The molecule has 0 aliphatic rings. The summed E-state index contributed by atoms with van der Waals surface area (Å²) in [6.45, 7) is 5.34. The zero-order chi connectivity index (χ0) is 14.1. The van der Waals surface area contributed by atoms with Crippen molar-refractivity contribution in [3.05, 3.63) is 34.9 Å². The number of unbranched alkanes of at least 4 members (excludes halogenated alkanes) is 1. The van der Waals surface area contributed by atoms with Crippen LogP contribution in [0.1, 0.15) is 38.7 Å². The lowest BCUT2D eigenvalue weighted by molar-refractivity contribution is 0.509. The highest BCUT2D eigenvalue weighted by Gasteiger charge is 2.04. The molecule has 0 heterocycles. The first-order chi connectivity index (χ1) is 9.11. The van der Waals surface area contributed by atoms with E-state index < -0.39 is 10.8 Å². The molecule has 0 saturated carbocycles. The predicted octanol–water partition coefficient (Wildman–Crippen LogP) is 3.76. The topological polar surface area (TPSA) is 29.1 Å². The van der Waals surface area contributed by atoms with Gasteiger partial charge in [-0.05, 0) is 44.0 Å². The van der Waals surface area contributed by atoms with Gasteiger partial charge in [0.05, 0.1) is 0 Å². The van der Waals surface area contributed by atoms with Gasteiger partial charge in [-0.25, -0.2) is 0 Å². The fourth-order valence-electron chi connectivity index (χ4n) is 2.00. The number of halogens is 1. The molecule has 0 radical (unpaired) electrons. The third-order valence-corrected chi connectivity index (χ3v) is 4.70. The summed E-state index contributed by atoms with van der Waals surface area (Å²) in [6.07, 6.45) is 3.34. The zero-order valence-corrected chi connectivity index (χ0v) is 13.4. The van der Waals surface area contributed by atoms with Crippen LogP contribution in [-0.4, -0.2) is 22.5 Å². The molecule has 1 aromatic carbocycles. The highest BCUT2D eigenvalue weighted by atomic mass is 35.5. The molecule has 4 heteroatoms. The van der Waals surface area contributed by atoms with E-state index in [1.165, 1.54) is 0 Å². The first-order valence-electron chi connectivity index (χ1n) is 6.94. The fourth-order valence-corrected chi connectivity index (χ4v) is 3.36. The lowest BCUT2D eigenvalue weighted by Crippen LogP contribution is -2.25. The number of hydrogen-bond acceptors (Lipinski definition) is 2. The Kier molecular flexibility index (Phi) is 8.35. The van der Waals surface area contributed by atoms with Crippen LogP contribution in [0.3, 0.4) is 0 Å². The van der Waals surface area contributed by atoms with Crippen molar-refractivity contribution >= 4 is 22.4 Å². The van der Waals surface area contributed by atoms with Crippen LogP contribution in [0.25, 0.3) is 0 Å². The summed E-state index contributed by atoms with van der Waals surface area (Å²) in [5.41, 5.74) is 1.10. The van der Waals surface area contributed by atoms with Crippen LogP contribution in [-0.2, 0) is 16.6 Å². The Morgan fingerprint density at radius 3 is 2.58 bits per heavy atom. The minimum Gasteiger partial charge on any atom is -0.315 e. The minimum absolute atomic E-state index is 0.565. The van der Waals surface area contributed by atoms with Crippen LogP contribution in [0, 0.1) is 0 Å². The average Bonchev–Trinajstić information content (AvgIpc) is 2.38. The molecule has 2 unspecified atom stereocenters. The van der Waals surface area contributed by atoms with Gasteiger partial charge in [-0.3, -0.25) is 4.21 Å². The van der Waals surface area contributed by atoms with Gasteiger partial charge in [0.15, 0.2) is 0 Å². The number of nitrogens with one attached hydrogen (secondary N) is 1. The minimum atomic E-state index is -0.760. The van der Waals surface area contributed by atoms with Gasteiger partial charge in [0.2, 0.25) is 0 Å². The van der Waals surface area contributed by atoms with E-state index in [0.29, 0.717) is 11.8 Å². The molecule has 1 N–H and O–H groups in total. The van der Waals surface area contributed by atoms with Crippen LogP contribution in [0.5, 0.6) is 0 Å². The largest absolute Gasteiger partial charge is 0.315 e. The highest BCUT2D eigenvalue weighted by Crippen LogP contribution is 2.12. The summed E-state index contributed by atoms with van der Waals surface area (Å²) >= 11 is 5.82. The SMILES string of the molecule is CCNC(C)CCCCS(=O)Cc1ccc(Cl)cc1. The molecule has 19 heavy (non-hydrogen) atoms. The quantitative estimate of drug-likeness (QED) is 0.704. The normalized spacial score (nSPS) is 14.3. The van der Waals surface area contributed by atoms with Crippen molar-refractivity contribution < 1.29 is 4.21 Å². The standard InChI is InChI=1S/C15H24ClNOS/c1-3-17-13(2)6-4-5-11-19(18)12-14-7-9-15(16)10-8-14/h7-10,13,17H,3-6,11-12H2,1-2H3. The van der Waals surface area contributed by atoms with Crippen LogP contribution >= 0.6 is 11.6 Å². The van der Waals surface area contributed by atoms with E-state index in [2.05, 4.69) is 19.2 Å². The molecule has 0 amide bonds. The van der Waals surface area contributed by atoms with Gasteiger partial charge in [-0.15, -0.1) is 0 Å². The first kappa shape index (κ1) is 16.7. The van der Waals surface area contributed by atoms with Crippen molar-refractivity contribution in [3.8, 4) is 0 Å². The molecule has 0 saturated heterocycles. The predicted molar refractivity (Wildman–Crippen MR) is 85.2 cm³/mol. The van der Waals surface area contributed by atoms with Crippen LogP contribution in [0.2, 0.25) is 5.02 Å². The molecule has 0 bridgehead atoms. The molecular formula is C15H24ClNOS.